The molecule has 3 N–H and O–H groups in total. The molecular formula is C34H60N4O11PS-. The molecule has 0 radical (unpaired) electrons. The minimum absolute atomic E-state index is 0.165. The summed E-state index contributed by atoms with van der Waals surface area (Å²) in [6.07, 6.45) is 1.56. The predicted octanol–water partition coefficient (Wildman–Crippen LogP) is 0.865. The Hall–Kier alpha value is -2.24. The highest BCUT2D eigenvalue weighted by Crippen LogP contribution is 2.51. The quantitative estimate of drug-likeness (QED) is 0.0744. The van der Waals surface area contributed by atoms with E-state index in [-0.39, 0.29) is 63.5 Å². The number of amides is 3. The third kappa shape index (κ3) is 21.8. The standard InChI is InChI=1S/C34H61N4O11PS/c1-34(2,3)50(42,51)49-29-11-9-28(10-12-29)25-30(33(41)37-13-7-8-16-46-22-19-43-4)38(26-31(39)35-14-17-47-23-20-44-5)27-32(40)36-15-18-48-24-21-45-6/h9-12,30H,7-8,13-27H2,1-6H3,(H,35,39)(H,36,40)(H,37,41)(H,42,51)/p-1. The highest BCUT2D eigenvalue weighted by atomic mass is 32.5. The van der Waals surface area contributed by atoms with Gasteiger partial charge in [0.05, 0.1) is 78.5 Å². The van der Waals surface area contributed by atoms with E-state index in [1.165, 1.54) is 0 Å². The maximum atomic E-state index is 13.8. The molecule has 17 heteroatoms. The van der Waals surface area contributed by atoms with Crippen molar-refractivity contribution in [1.29, 1.82) is 0 Å². The number of carbonyl (C=O) groups excluding carboxylic acids is 3. The Labute approximate surface area is 308 Å². The molecule has 294 valence electrons. The van der Waals surface area contributed by atoms with E-state index in [0.717, 1.165) is 12.0 Å². The van der Waals surface area contributed by atoms with E-state index in [0.29, 0.717) is 65.0 Å². The summed E-state index contributed by atoms with van der Waals surface area (Å²) in [5.74, 6) is -0.750. The number of hydrogen-bond donors (Lipinski definition) is 3. The molecule has 0 bridgehead atoms. The van der Waals surface area contributed by atoms with Crippen LogP contribution in [0.1, 0.15) is 39.2 Å². The van der Waals surface area contributed by atoms with Crippen LogP contribution in [0, 0.1) is 0 Å². The van der Waals surface area contributed by atoms with Crippen LogP contribution in [0.3, 0.4) is 0 Å². The van der Waals surface area contributed by atoms with Crippen LogP contribution < -0.4 is 25.4 Å². The summed E-state index contributed by atoms with van der Waals surface area (Å²) in [6, 6.07) is 5.89. The van der Waals surface area contributed by atoms with E-state index in [1.807, 2.05) is 0 Å². The second kappa shape index (κ2) is 27.4. The maximum Gasteiger partial charge on any atom is 0.237 e. The smallest absolute Gasteiger partial charge is 0.237 e. The maximum absolute atomic E-state index is 13.8. The zero-order valence-electron chi connectivity index (χ0n) is 31.2. The number of hydrogen-bond acceptors (Lipinski definition) is 13. The number of carbonyl (C=O) groups is 3. The van der Waals surface area contributed by atoms with Crippen LogP contribution in [0.15, 0.2) is 24.3 Å². The molecule has 0 aliphatic rings. The van der Waals surface area contributed by atoms with Crippen molar-refractivity contribution in [2.75, 3.05) is 114 Å². The van der Waals surface area contributed by atoms with Gasteiger partial charge in [0.2, 0.25) is 17.7 Å². The van der Waals surface area contributed by atoms with Crippen LogP contribution in [0.2, 0.25) is 0 Å². The average Bonchev–Trinajstić information content (AvgIpc) is 3.07. The first kappa shape index (κ1) is 46.8. The summed E-state index contributed by atoms with van der Waals surface area (Å²) in [7, 11) is 4.76. The monoisotopic (exact) mass is 763 g/mol. The van der Waals surface area contributed by atoms with Gasteiger partial charge in [0.25, 0.3) is 0 Å². The molecule has 0 aromatic heterocycles. The summed E-state index contributed by atoms with van der Waals surface area (Å²) in [6.45, 7) is 6.02. The Bertz CT molecular complexity index is 1130. The molecule has 0 saturated carbocycles. The fourth-order valence-corrected chi connectivity index (χ4v) is 5.18. The third-order valence-electron chi connectivity index (χ3n) is 7.28. The first-order valence-corrected chi connectivity index (χ1v) is 19.8. The van der Waals surface area contributed by atoms with E-state index < -0.39 is 17.7 Å². The van der Waals surface area contributed by atoms with Crippen molar-refractivity contribution in [2.45, 2.75) is 51.2 Å². The lowest BCUT2D eigenvalue weighted by molar-refractivity contribution is -0.180. The summed E-state index contributed by atoms with van der Waals surface area (Å²) in [4.78, 5) is 54.6. The Morgan fingerprint density at radius 2 is 1.22 bits per heavy atom. The first-order chi connectivity index (χ1) is 24.3. The molecule has 0 saturated heterocycles. The van der Waals surface area contributed by atoms with Crippen molar-refractivity contribution in [1.82, 2.24) is 20.9 Å². The van der Waals surface area contributed by atoms with E-state index in [1.54, 1.807) is 71.3 Å². The second-order valence-electron chi connectivity index (χ2n) is 12.5. The van der Waals surface area contributed by atoms with Crippen molar-refractivity contribution >= 4 is 36.0 Å². The van der Waals surface area contributed by atoms with Gasteiger partial charge >= 0.3 is 0 Å². The molecule has 1 aromatic rings. The Kier molecular flexibility index (Phi) is 25.1. The largest absolute Gasteiger partial charge is 0.791 e. The molecule has 0 fully saturated rings. The number of benzene rings is 1. The van der Waals surface area contributed by atoms with Crippen LogP contribution >= 0.6 is 6.49 Å². The molecule has 0 aliphatic carbocycles. The van der Waals surface area contributed by atoms with Crippen molar-refractivity contribution < 1.29 is 52.2 Å². The number of nitrogens with one attached hydrogen (secondary N) is 3. The first-order valence-electron chi connectivity index (χ1n) is 17.2. The van der Waals surface area contributed by atoms with E-state index in [4.69, 9.17) is 44.8 Å². The van der Waals surface area contributed by atoms with E-state index >= 15 is 0 Å². The molecule has 1 aromatic carbocycles. The molecular weight excluding hydrogens is 703 g/mol. The lowest BCUT2D eigenvalue weighted by Gasteiger charge is -2.40. The van der Waals surface area contributed by atoms with Crippen molar-refractivity contribution in [3.8, 4) is 5.75 Å². The molecule has 2 atom stereocenters. The Balaban J connectivity index is 3.16. The van der Waals surface area contributed by atoms with E-state index in [9.17, 15) is 19.3 Å². The number of ether oxygens (including phenoxy) is 6. The molecule has 0 spiro atoms. The topological polar surface area (TPSA) is 178 Å². The number of nitrogens with zero attached hydrogens (tertiary/aromatic N) is 1. The van der Waals surface area contributed by atoms with Crippen molar-refractivity contribution in [3.05, 3.63) is 29.8 Å². The molecule has 51 heavy (non-hydrogen) atoms. The van der Waals surface area contributed by atoms with Crippen molar-refractivity contribution in [3.63, 3.8) is 0 Å². The normalized spacial score (nSPS) is 13.4. The third-order valence-corrected chi connectivity index (χ3v) is 11.2. The van der Waals surface area contributed by atoms with Crippen molar-refractivity contribution in [2.24, 2.45) is 0 Å². The van der Waals surface area contributed by atoms with Gasteiger partial charge in [0.1, 0.15) is 5.75 Å². The lowest BCUT2D eigenvalue weighted by Crippen LogP contribution is -2.54. The summed E-state index contributed by atoms with van der Waals surface area (Å²) >= 11 is 5.27. The molecule has 0 heterocycles. The zero-order valence-corrected chi connectivity index (χ0v) is 32.9. The van der Waals surface area contributed by atoms with Gasteiger partial charge in [0.15, 0.2) is 0 Å². The number of unbranched alkanes of at least 4 members (excludes halogenated alkanes) is 1. The van der Waals surface area contributed by atoms with Gasteiger partial charge < -0.3 is 53.8 Å². The number of methoxy groups -OCH3 is 3. The van der Waals surface area contributed by atoms with Crippen LogP contribution in [-0.2, 0) is 61.0 Å². The summed E-state index contributed by atoms with van der Waals surface area (Å²) in [5, 5.41) is 7.84. The lowest BCUT2D eigenvalue weighted by atomic mass is 10.0. The molecule has 2 unspecified atom stereocenters. The summed E-state index contributed by atoms with van der Waals surface area (Å²) < 4.78 is 37.0. The highest BCUT2D eigenvalue weighted by Gasteiger charge is 2.30. The van der Waals surface area contributed by atoms with Gasteiger partial charge in [-0.15, -0.1) is 0 Å². The van der Waals surface area contributed by atoms with Gasteiger partial charge in [0, 0.05) is 52.7 Å². The SMILES string of the molecule is COCCOCCCCNC(=O)C(Cc1ccc(OP([O-])(=S)C(C)(C)C)cc1)N(CC(=O)NCCOCCOC)CC(=O)NCCOCCOC. The van der Waals surface area contributed by atoms with Gasteiger partial charge in [-0.1, -0.05) is 44.7 Å². The van der Waals surface area contributed by atoms with Gasteiger partial charge in [-0.3, -0.25) is 19.3 Å². The second-order valence-corrected chi connectivity index (χ2v) is 16.5. The fourth-order valence-electron chi connectivity index (χ4n) is 4.25. The zero-order chi connectivity index (χ0) is 38.0. The van der Waals surface area contributed by atoms with Crippen LogP contribution in [0.25, 0.3) is 0 Å². The van der Waals surface area contributed by atoms with E-state index in [2.05, 4.69) is 16.0 Å². The van der Waals surface area contributed by atoms with Crippen LogP contribution in [0.5, 0.6) is 5.75 Å². The highest BCUT2D eigenvalue weighted by molar-refractivity contribution is 8.09. The molecule has 3 amide bonds. The van der Waals surface area contributed by atoms with Crippen LogP contribution in [-0.4, -0.2) is 147 Å². The molecule has 15 nitrogen and oxygen atoms in total. The molecule has 0 aliphatic heterocycles. The van der Waals surface area contributed by atoms with Gasteiger partial charge in [-0.05, 0) is 37.0 Å². The Morgan fingerprint density at radius 1 is 0.725 bits per heavy atom. The average molecular weight is 764 g/mol. The predicted molar refractivity (Wildman–Crippen MR) is 197 cm³/mol. The number of rotatable bonds is 30. The minimum atomic E-state index is -3.39. The molecule has 1 rings (SSSR count). The fraction of sp³-hybridized carbons (Fsp3) is 0.735. The summed E-state index contributed by atoms with van der Waals surface area (Å²) in [5.41, 5.74) is 0.730. The van der Waals surface area contributed by atoms with Gasteiger partial charge in [-0.2, -0.15) is 0 Å². The Morgan fingerprint density at radius 3 is 1.69 bits per heavy atom. The van der Waals surface area contributed by atoms with Gasteiger partial charge in [-0.25, -0.2) is 0 Å². The van der Waals surface area contributed by atoms with Crippen LogP contribution in [0.4, 0.5) is 0 Å². The minimum Gasteiger partial charge on any atom is -0.791 e.